The van der Waals surface area contributed by atoms with Gasteiger partial charge in [-0.25, -0.2) is 0 Å². The summed E-state index contributed by atoms with van der Waals surface area (Å²) in [5, 5.41) is 54.7. The molecule has 0 aromatic carbocycles. The molecule has 0 aromatic rings. The number of aliphatic hydroxyl groups excluding tert-OH is 5. The summed E-state index contributed by atoms with van der Waals surface area (Å²) < 4.78 is 11.3. The fraction of sp³-hybridized carbons (Fsp3) is 0.757. The van der Waals surface area contributed by atoms with E-state index in [4.69, 9.17) is 9.47 Å². The van der Waals surface area contributed by atoms with Crippen molar-refractivity contribution in [1.82, 2.24) is 5.32 Å². The van der Waals surface area contributed by atoms with Crippen LogP contribution < -0.4 is 5.32 Å². The zero-order chi connectivity index (χ0) is 57.2. The molecule has 0 radical (unpaired) electrons. The van der Waals surface area contributed by atoms with Gasteiger partial charge in [-0.1, -0.05) is 284 Å². The molecule has 9 nitrogen and oxygen atoms in total. The molecule has 1 fully saturated rings. The lowest BCUT2D eigenvalue weighted by atomic mass is 9.99. The molecule has 9 heteroatoms. The summed E-state index contributed by atoms with van der Waals surface area (Å²) in [6, 6.07) is -0.838. The standard InChI is InChI=1S/C70H123NO8/c1-3-5-7-9-11-13-15-17-19-21-23-25-27-29-31-32-34-35-37-39-41-43-45-47-49-51-53-55-57-59-64(73)63(62-78-70-69(77)68(76)67(75)65(61-72)79-70)71-66(74)60-58-56-54-52-50-48-46-44-42-40-38-36-33-30-28-26-24-22-20-18-16-14-12-10-8-6-4-2/h6,8,12,14,18,20,24,26,30,33,41,43,49,51,57,59,63-65,67-70,72-73,75-77H,3-5,7,9-11,13,15-17,19,21-23,25,27-29,31-32,34-40,42,44-48,50,52-56,58,60-62H2,1-2H3,(H,71,74)/b8-6-,14-12-,20-18-,26-24-,33-30-,43-41+,51-49+,59-57+. The third-order valence-electron chi connectivity index (χ3n) is 15.1. The minimum atomic E-state index is -1.58. The number of carbonyl (C=O) groups is 1. The Kier molecular flexibility index (Phi) is 54.7. The summed E-state index contributed by atoms with van der Waals surface area (Å²) >= 11 is 0. The first-order chi connectivity index (χ1) is 38.8. The molecule has 456 valence electrons. The first-order valence-electron chi connectivity index (χ1n) is 33.0. The van der Waals surface area contributed by atoms with Gasteiger partial charge in [0, 0.05) is 6.42 Å². The fourth-order valence-electron chi connectivity index (χ4n) is 9.98. The van der Waals surface area contributed by atoms with Gasteiger partial charge in [0.1, 0.15) is 24.4 Å². The van der Waals surface area contributed by atoms with Crippen molar-refractivity contribution in [2.75, 3.05) is 13.2 Å². The molecule has 0 bridgehead atoms. The lowest BCUT2D eigenvalue weighted by molar-refractivity contribution is -0.302. The van der Waals surface area contributed by atoms with E-state index in [1.54, 1.807) is 6.08 Å². The molecular weight excluding hydrogens is 983 g/mol. The Balaban J connectivity index is 2.21. The molecule has 7 atom stereocenters. The highest BCUT2D eigenvalue weighted by Gasteiger charge is 2.44. The molecule has 0 aromatic heterocycles. The normalized spacial score (nSPS) is 19.2. The monoisotopic (exact) mass is 1110 g/mol. The number of ether oxygens (including phenoxy) is 2. The van der Waals surface area contributed by atoms with Gasteiger partial charge in [-0.2, -0.15) is 0 Å². The highest BCUT2D eigenvalue weighted by molar-refractivity contribution is 5.76. The second-order valence-electron chi connectivity index (χ2n) is 22.5. The van der Waals surface area contributed by atoms with Crippen LogP contribution in [0.1, 0.15) is 284 Å². The van der Waals surface area contributed by atoms with E-state index in [2.05, 4.69) is 104 Å². The number of aliphatic hydroxyl groups is 5. The van der Waals surface area contributed by atoms with Crippen LogP contribution in [0.4, 0.5) is 0 Å². The van der Waals surface area contributed by atoms with Crippen molar-refractivity contribution in [3.63, 3.8) is 0 Å². The zero-order valence-corrected chi connectivity index (χ0v) is 50.9. The number of hydrogen-bond donors (Lipinski definition) is 6. The molecule has 1 rings (SSSR count). The lowest BCUT2D eigenvalue weighted by Gasteiger charge is -2.40. The Labute approximate surface area is 485 Å². The quantitative estimate of drug-likeness (QED) is 0.0261. The maximum absolute atomic E-state index is 13.1. The van der Waals surface area contributed by atoms with Crippen LogP contribution in [-0.4, -0.2) is 87.5 Å². The maximum atomic E-state index is 13.1. The summed E-state index contributed by atoms with van der Waals surface area (Å²) in [7, 11) is 0. The van der Waals surface area contributed by atoms with Crippen molar-refractivity contribution in [3.8, 4) is 0 Å². The van der Waals surface area contributed by atoms with Crippen LogP contribution in [-0.2, 0) is 14.3 Å². The molecule has 0 spiro atoms. The van der Waals surface area contributed by atoms with Crippen LogP contribution >= 0.6 is 0 Å². The third-order valence-corrected chi connectivity index (χ3v) is 15.1. The van der Waals surface area contributed by atoms with Gasteiger partial charge in [0.15, 0.2) is 6.29 Å². The smallest absolute Gasteiger partial charge is 0.220 e. The lowest BCUT2D eigenvalue weighted by Crippen LogP contribution is -2.60. The Hall–Kier alpha value is -2.89. The zero-order valence-electron chi connectivity index (χ0n) is 50.9. The number of amides is 1. The highest BCUT2D eigenvalue weighted by atomic mass is 16.7. The molecule has 7 unspecified atom stereocenters. The second kappa shape index (κ2) is 58.3. The van der Waals surface area contributed by atoms with Crippen LogP contribution in [0.2, 0.25) is 0 Å². The molecule has 1 amide bonds. The van der Waals surface area contributed by atoms with Crippen LogP contribution in [0.3, 0.4) is 0 Å². The van der Waals surface area contributed by atoms with Crippen molar-refractivity contribution < 1.29 is 39.8 Å². The number of carbonyl (C=O) groups excluding carboxylic acids is 1. The Bertz CT molecular complexity index is 1560. The van der Waals surface area contributed by atoms with Crippen molar-refractivity contribution in [3.05, 3.63) is 97.2 Å². The number of unbranched alkanes of at least 4 members (excludes halogenated alkanes) is 32. The fourth-order valence-corrected chi connectivity index (χ4v) is 9.98. The second-order valence-corrected chi connectivity index (χ2v) is 22.5. The maximum Gasteiger partial charge on any atom is 0.220 e. The van der Waals surface area contributed by atoms with Crippen molar-refractivity contribution >= 4 is 5.91 Å². The minimum absolute atomic E-state index is 0.196. The van der Waals surface area contributed by atoms with Crippen LogP contribution in [0.15, 0.2) is 97.2 Å². The summed E-state index contributed by atoms with van der Waals surface area (Å²) in [6.07, 6.45) is 77.8. The van der Waals surface area contributed by atoms with Gasteiger partial charge < -0.3 is 40.3 Å². The largest absolute Gasteiger partial charge is 0.394 e. The minimum Gasteiger partial charge on any atom is -0.394 e. The van der Waals surface area contributed by atoms with Crippen molar-refractivity contribution in [2.45, 2.75) is 326 Å². The Morgan fingerprint density at radius 3 is 1.22 bits per heavy atom. The van der Waals surface area contributed by atoms with Crippen LogP contribution in [0.5, 0.6) is 0 Å². The topological polar surface area (TPSA) is 149 Å². The predicted octanol–water partition coefficient (Wildman–Crippen LogP) is 17.5. The van der Waals surface area contributed by atoms with E-state index in [-0.39, 0.29) is 12.5 Å². The molecule has 79 heavy (non-hydrogen) atoms. The Morgan fingerprint density at radius 2 is 0.797 bits per heavy atom. The van der Waals surface area contributed by atoms with E-state index < -0.39 is 49.5 Å². The van der Waals surface area contributed by atoms with Crippen molar-refractivity contribution in [1.29, 1.82) is 0 Å². The van der Waals surface area contributed by atoms with E-state index in [0.717, 1.165) is 89.9 Å². The van der Waals surface area contributed by atoms with E-state index in [0.29, 0.717) is 6.42 Å². The van der Waals surface area contributed by atoms with E-state index in [1.807, 2.05) is 6.08 Å². The summed E-state index contributed by atoms with van der Waals surface area (Å²) in [4.78, 5) is 13.1. The van der Waals surface area contributed by atoms with Crippen molar-refractivity contribution in [2.24, 2.45) is 0 Å². The van der Waals surface area contributed by atoms with Crippen LogP contribution in [0.25, 0.3) is 0 Å². The molecule has 1 saturated heterocycles. The van der Waals surface area contributed by atoms with Crippen LogP contribution in [0, 0.1) is 0 Å². The first-order valence-corrected chi connectivity index (χ1v) is 33.0. The van der Waals surface area contributed by atoms with Gasteiger partial charge in [0.05, 0.1) is 25.4 Å². The average Bonchev–Trinajstić information content (AvgIpc) is 3.47. The number of rotatable bonds is 56. The number of hydrogen-bond acceptors (Lipinski definition) is 8. The number of allylic oxidation sites excluding steroid dienone is 15. The van der Waals surface area contributed by atoms with Gasteiger partial charge >= 0.3 is 0 Å². The molecule has 1 aliphatic heterocycles. The number of nitrogens with one attached hydrogen (secondary N) is 1. The summed E-state index contributed by atoms with van der Waals surface area (Å²) in [5.74, 6) is -0.196. The van der Waals surface area contributed by atoms with E-state index >= 15 is 0 Å². The first kappa shape index (κ1) is 74.1. The predicted molar refractivity (Wildman–Crippen MR) is 336 cm³/mol. The average molecular weight is 1110 g/mol. The SMILES string of the molecule is CC/C=C\C/C=C\C/C=C\C/C=C\C/C=C\CCCCCCCCCCCCCC(=O)NC(COC1OC(CO)C(O)C(O)C1O)C(O)/C=C/CC/C=C/CC/C=C/CCCCCCCCCCCCCCCCCCCCC. The summed E-state index contributed by atoms with van der Waals surface area (Å²) in [5.41, 5.74) is 0. The highest BCUT2D eigenvalue weighted by Crippen LogP contribution is 2.23. The van der Waals surface area contributed by atoms with Gasteiger partial charge in [-0.05, 0) is 89.9 Å². The third kappa shape index (κ3) is 47.3. The van der Waals surface area contributed by atoms with Gasteiger partial charge in [0.25, 0.3) is 0 Å². The van der Waals surface area contributed by atoms with Gasteiger partial charge in [0.2, 0.25) is 5.91 Å². The van der Waals surface area contributed by atoms with Gasteiger partial charge in [-0.3, -0.25) is 4.79 Å². The van der Waals surface area contributed by atoms with Gasteiger partial charge in [-0.15, -0.1) is 0 Å². The molecule has 0 saturated carbocycles. The molecule has 1 aliphatic rings. The Morgan fingerprint density at radius 1 is 0.443 bits per heavy atom. The van der Waals surface area contributed by atoms with E-state index in [1.165, 1.54) is 173 Å². The molecule has 6 N–H and O–H groups in total. The van der Waals surface area contributed by atoms with E-state index in [9.17, 15) is 30.3 Å². The molecule has 1 heterocycles. The molecule has 0 aliphatic carbocycles. The molecular formula is C70H123NO8. The summed E-state index contributed by atoms with van der Waals surface area (Å²) in [6.45, 7) is 3.66.